The van der Waals surface area contributed by atoms with E-state index in [4.69, 9.17) is 17.4 Å². The molecule has 0 bridgehead atoms. The molecule has 2 atom stereocenters. The second kappa shape index (κ2) is 6.52. The van der Waals surface area contributed by atoms with Crippen LogP contribution in [0.5, 0.6) is 0 Å². The first kappa shape index (κ1) is 14.5. The largest absolute Gasteiger partial charge is 0.271 e. The average molecular weight is 299 g/mol. The summed E-state index contributed by atoms with van der Waals surface area (Å²) in [5.74, 6) is 5.63. The molecule has 0 aliphatic carbocycles. The van der Waals surface area contributed by atoms with Crippen LogP contribution in [0, 0.1) is 0 Å². The Hall–Kier alpha value is -0.880. The number of rotatable bonds is 6. The van der Waals surface area contributed by atoms with Gasteiger partial charge in [0.1, 0.15) is 0 Å². The SMILES string of the molecule is CCC(C)n1ccc(CC(NN)c2ccc(Cl)s2)n1. The van der Waals surface area contributed by atoms with E-state index in [1.807, 2.05) is 29.1 Å². The number of halogens is 1. The summed E-state index contributed by atoms with van der Waals surface area (Å²) in [6.45, 7) is 4.32. The summed E-state index contributed by atoms with van der Waals surface area (Å²) in [6, 6.07) is 6.42. The van der Waals surface area contributed by atoms with Crippen LogP contribution in [0.4, 0.5) is 0 Å². The highest BCUT2D eigenvalue weighted by molar-refractivity contribution is 7.16. The Labute approximate surface area is 122 Å². The molecule has 0 aromatic carbocycles. The average Bonchev–Trinajstić information content (AvgIpc) is 3.04. The minimum atomic E-state index is 0.0535. The van der Waals surface area contributed by atoms with E-state index in [1.165, 1.54) is 0 Å². The van der Waals surface area contributed by atoms with Crippen LogP contribution in [0.2, 0.25) is 4.34 Å². The maximum Gasteiger partial charge on any atom is 0.0931 e. The van der Waals surface area contributed by atoms with Crippen molar-refractivity contribution in [2.24, 2.45) is 5.84 Å². The van der Waals surface area contributed by atoms with E-state index in [1.54, 1.807) is 11.3 Å². The van der Waals surface area contributed by atoms with Crippen LogP contribution < -0.4 is 11.3 Å². The fourth-order valence-corrected chi connectivity index (χ4v) is 3.01. The number of aromatic nitrogens is 2. The van der Waals surface area contributed by atoms with Gasteiger partial charge in [0.05, 0.1) is 16.1 Å². The maximum atomic E-state index is 5.96. The highest BCUT2D eigenvalue weighted by Gasteiger charge is 2.15. The Kier molecular flexibility index (Phi) is 4.99. The van der Waals surface area contributed by atoms with E-state index in [0.29, 0.717) is 6.04 Å². The Morgan fingerprint density at radius 3 is 2.84 bits per heavy atom. The first-order chi connectivity index (χ1) is 9.13. The molecule has 0 amide bonds. The second-order valence-electron chi connectivity index (χ2n) is 4.61. The summed E-state index contributed by atoms with van der Waals surface area (Å²) in [5, 5.41) is 4.59. The van der Waals surface area contributed by atoms with Gasteiger partial charge in [-0.1, -0.05) is 18.5 Å². The van der Waals surface area contributed by atoms with Crippen molar-refractivity contribution >= 4 is 22.9 Å². The summed E-state index contributed by atoms with van der Waals surface area (Å²) in [6.07, 6.45) is 3.86. The second-order valence-corrected chi connectivity index (χ2v) is 6.36. The summed E-state index contributed by atoms with van der Waals surface area (Å²) in [5.41, 5.74) is 3.87. The van der Waals surface area contributed by atoms with Crippen LogP contribution in [0.1, 0.15) is 42.9 Å². The van der Waals surface area contributed by atoms with Crippen LogP contribution in [0.3, 0.4) is 0 Å². The molecule has 2 aromatic rings. The lowest BCUT2D eigenvalue weighted by molar-refractivity contribution is 0.467. The van der Waals surface area contributed by atoms with Crippen molar-refractivity contribution in [3.05, 3.63) is 39.3 Å². The van der Waals surface area contributed by atoms with Gasteiger partial charge in [0.25, 0.3) is 0 Å². The van der Waals surface area contributed by atoms with Gasteiger partial charge in [-0.25, -0.2) is 0 Å². The number of nitrogens with zero attached hydrogens (tertiary/aromatic N) is 2. The zero-order valence-corrected chi connectivity index (χ0v) is 12.7. The molecule has 4 nitrogen and oxygen atoms in total. The van der Waals surface area contributed by atoms with Gasteiger partial charge >= 0.3 is 0 Å². The third-order valence-corrected chi connectivity index (χ3v) is 4.60. The molecule has 0 fully saturated rings. The lowest BCUT2D eigenvalue weighted by Crippen LogP contribution is -2.29. The van der Waals surface area contributed by atoms with Crippen LogP contribution in [-0.2, 0) is 6.42 Å². The minimum Gasteiger partial charge on any atom is -0.271 e. The smallest absolute Gasteiger partial charge is 0.0931 e. The quantitative estimate of drug-likeness (QED) is 0.635. The molecule has 0 aliphatic rings. The Morgan fingerprint density at radius 2 is 2.26 bits per heavy atom. The van der Waals surface area contributed by atoms with Gasteiger partial charge in [0.2, 0.25) is 0 Å². The molecular formula is C13H19ClN4S. The molecule has 0 saturated carbocycles. The number of hydrazine groups is 1. The molecule has 0 aliphatic heterocycles. The van der Waals surface area contributed by atoms with Crippen molar-refractivity contribution in [3.63, 3.8) is 0 Å². The lowest BCUT2D eigenvalue weighted by Gasteiger charge is -2.13. The monoisotopic (exact) mass is 298 g/mol. The van der Waals surface area contributed by atoms with Crippen molar-refractivity contribution < 1.29 is 0 Å². The summed E-state index contributed by atoms with van der Waals surface area (Å²) < 4.78 is 2.78. The van der Waals surface area contributed by atoms with Crippen LogP contribution in [-0.4, -0.2) is 9.78 Å². The highest BCUT2D eigenvalue weighted by Crippen LogP contribution is 2.28. The molecule has 0 spiro atoms. The lowest BCUT2D eigenvalue weighted by atomic mass is 10.1. The van der Waals surface area contributed by atoms with E-state index in [-0.39, 0.29) is 6.04 Å². The molecule has 2 unspecified atom stereocenters. The van der Waals surface area contributed by atoms with Crippen molar-refractivity contribution in [3.8, 4) is 0 Å². The molecule has 6 heteroatoms. The van der Waals surface area contributed by atoms with Crippen LogP contribution in [0.25, 0.3) is 0 Å². The predicted octanol–water partition coefficient (Wildman–Crippen LogP) is 3.32. The molecule has 3 N–H and O–H groups in total. The number of nitrogens with one attached hydrogen (secondary N) is 1. The molecule has 2 rings (SSSR count). The molecule has 0 saturated heterocycles. The number of thiophene rings is 1. The molecular weight excluding hydrogens is 280 g/mol. The summed E-state index contributed by atoms with van der Waals surface area (Å²) in [7, 11) is 0. The topological polar surface area (TPSA) is 55.9 Å². The van der Waals surface area contributed by atoms with E-state index in [0.717, 1.165) is 27.7 Å². The minimum absolute atomic E-state index is 0.0535. The van der Waals surface area contributed by atoms with E-state index >= 15 is 0 Å². The zero-order chi connectivity index (χ0) is 13.8. The van der Waals surface area contributed by atoms with Gasteiger partial charge < -0.3 is 0 Å². The van der Waals surface area contributed by atoms with Crippen molar-refractivity contribution in [1.82, 2.24) is 15.2 Å². The maximum absolute atomic E-state index is 5.96. The molecule has 19 heavy (non-hydrogen) atoms. The third-order valence-electron chi connectivity index (χ3n) is 3.26. The number of hydrogen-bond donors (Lipinski definition) is 2. The van der Waals surface area contributed by atoms with Gasteiger partial charge in [0.15, 0.2) is 0 Å². The molecule has 2 aromatic heterocycles. The standard InChI is InChI=1S/C13H19ClN4S/c1-3-9(2)18-7-6-10(17-18)8-11(16-15)12-4-5-13(14)19-12/h4-7,9,11,16H,3,8,15H2,1-2H3. The zero-order valence-electron chi connectivity index (χ0n) is 11.1. The molecule has 2 heterocycles. The van der Waals surface area contributed by atoms with Crippen molar-refractivity contribution in [2.45, 2.75) is 38.8 Å². The normalized spacial score (nSPS) is 14.5. The Bertz CT molecular complexity index is 522. The predicted molar refractivity (Wildman–Crippen MR) is 80.3 cm³/mol. The molecule has 104 valence electrons. The highest BCUT2D eigenvalue weighted by atomic mass is 35.5. The van der Waals surface area contributed by atoms with E-state index in [9.17, 15) is 0 Å². The Balaban J connectivity index is 2.08. The van der Waals surface area contributed by atoms with Crippen molar-refractivity contribution in [1.29, 1.82) is 0 Å². The first-order valence-corrected chi connectivity index (χ1v) is 7.58. The Morgan fingerprint density at radius 1 is 1.47 bits per heavy atom. The van der Waals surface area contributed by atoms with Gasteiger partial charge in [-0.2, -0.15) is 5.10 Å². The first-order valence-electron chi connectivity index (χ1n) is 6.39. The van der Waals surface area contributed by atoms with E-state index < -0.39 is 0 Å². The van der Waals surface area contributed by atoms with Gasteiger partial charge in [-0.05, 0) is 31.5 Å². The van der Waals surface area contributed by atoms with E-state index in [2.05, 4.69) is 24.4 Å². The number of hydrogen-bond acceptors (Lipinski definition) is 4. The fraction of sp³-hybridized carbons (Fsp3) is 0.462. The van der Waals surface area contributed by atoms with Crippen molar-refractivity contribution in [2.75, 3.05) is 0 Å². The third kappa shape index (κ3) is 3.57. The summed E-state index contributed by atoms with van der Waals surface area (Å²) in [4.78, 5) is 1.13. The van der Waals surface area contributed by atoms with Crippen LogP contribution in [0.15, 0.2) is 24.4 Å². The van der Waals surface area contributed by atoms with Gasteiger partial charge in [-0.3, -0.25) is 16.0 Å². The van der Waals surface area contributed by atoms with Gasteiger partial charge in [-0.15, -0.1) is 11.3 Å². The number of nitrogens with two attached hydrogens (primary N) is 1. The fourth-order valence-electron chi connectivity index (χ4n) is 1.89. The molecule has 0 radical (unpaired) electrons. The summed E-state index contributed by atoms with van der Waals surface area (Å²) >= 11 is 7.50. The van der Waals surface area contributed by atoms with Gasteiger partial charge in [0, 0.05) is 23.5 Å². The van der Waals surface area contributed by atoms with Crippen LogP contribution >= 0.6 is 22.9 Å².